The Bertz CT molecular complexity index is 676. The fraction of sp³-hybridized carbons (Fsp3) is 0.588. The van der Waals surface area contributed by atoms with Gasteiger partial charge in [0, 0.05) is 13.7 Å². The molecule has 0 atom stereocenters. The summed E-state index contributed by atoms with van der Waals surface area (Å²) in [6.45, 7) is 4.51. The molecule has 1 amide bonds. The van der Waals surface area contributed by atoms with Gasteiger partial charge >= 0.3 is 0 Å². The van der Waals surface area contributed by atoms with Gasteiger partial charge in [-0.25, -0.2) is 8.42 Å². The Labute approximate surface area is 138 Å². The van der Waals surface area contributed by atoms with Gasteiger partial charge in [-0.15, -0.1) is 0 Å². The lowest BCUT2D eigenvalue weighted by Gasteiger charge is -2.28. The minimum atomic E-state index is -3.73. The third-order valence-electron chi connectivity index (χ3n) is 4.72. The molecule has 0 bridgehead atoms. The summed E-state index contributed by atoms with van der Waals surface area (Å²) in [7, 11) is -2.18. The van der Waals surface area contributed by atoms with E-state index >= 15 is 0 Å². The number of methoxy groups -OCH3 is 1. The average molecular weight is 339 g/mol. The molecule has 0 unspecified atom stereocenters. The van der Waals surface area contributed by atoms with Crippen LogP contribution in [-0.2, 0) is 19.4 Å². The Kier molecular flexibility index (Phi) is 5.47. The van der Waals surface area contributed by atoms with Gasteiger partial charge in [-0.1, -0.05) is 18.9 Å². The topological polar surface area (TPSA) is 72.5 Å². The van der Waals surface area contributed by atoms with Crippen molar-refractivity contribution in [1.29, 1.82) is 0 Å². The van der Waals surface area contributed by atoms with Crippen LogP contribution in [0.25, 0.3) is 0 Å². The van der Waals surface area contributed by atoms with Gasteiger partial charge in [-0.3, -0.25) is 4.79 Å². The molecule has 0 aliphatic heterocycles. The van der Waals surface area contributed by atoms with Crippen LogP contribution in [0.15, 0.2) is 23.1 Å². The van der Waals surface area contributed by atoms with Crippen LogP contribution in [0.3, 0.4) is 0 Å². The van der Waals surface area contributed by atoms with Gasteiger partial charge in [0.25, 0.3) is 0 Å². The molecule has 0 spiro atoms. The highest BCUT2D eigenvalue weighted by Gasteiger charge is 2.52. The quantitative estimate of drug-likeness (QED) is 0.806. The summed E-state index contributed by atoms with van der Waals surface area (Å²) in [5.41, 5.74) is 1.95. The third kappa shape index (κ3) is 3.28. The molecule has 0 saturated heterocycles. The van der Waals surface area contributed by atoms with Crippen LogP contribution in [0, 0.1) is 13.8 Å². The van der Waals surface area contributed by atoms with E-state index in [1.54, 1.807) is 25.3 Å². The number of amides is 1. The minimum absolute atomic E-state index is 0.240. The van der Waals surface area contributed by atoms with Gasteiger partial charge in [0.15, 0.2) is 14.6 Å². The second-order valence-electron chi connectivity index (χ2n) is 6.20. The number of aryl methyl sites for hydroxylation is 2. The van der Waals surface area contributed by atoms with Gasteiger partial charge < -0.3 is 10.1 Å². The molecule has 1 aromatic rings. The molecule has 1 saturated carbocycles. The fourth-order valence-corrected chi connectivity index (χ4v) is 5.27. The largest absolute Gasteiger partial charge is 0.383 e. The van der Waals surface area contributed by atoms with Crippen molar-refractivity contribution in [1.82, 2.24) is 5.32 Å². The van der Waals surface area contributed by atoms with Crippen LogP contribution in [0.4, 0.5) is 0 Å². The summed E-state index contributed by atoms with van der Waals surface area (Å²) in [5.74, 6) is -0.398. The van der Waals surface area contributed by atoms with E-state index in [1.807, 2.05) is 13.8 Å². The summed E-state index contributed by atoms with van der Waals surface area (Å²) in [4.78, 5) is 12.9. The van der Waals surface area contributed by atoms with Gasteiger partial charge in [0.05, 0.1) is 11.5 Å². The molecule has 23 heavy (non-hydrogen) atoms. The summed E-state index contributed by atoms with van der Waals surface area (Å²) >= 11 is 0. The number of sulfone groups is 1. The first-order valence-corrected chi connectivity index (χ1v) is 9.42. The van der Waals surface area contributed by atoms with Crippen LogP contribution >= 0.6 is 0 Å². The first kappa shape index (κ1) is 17.9. The first-order valence-electron chi connectivity index (χ1n) is 7.94. The zero-order chi connectivity index (χ0) is 17.1. The minimum Gasteiger partial charge on any atom is -0.383 e. The van der Waals surface area contributed by atoms with E-state index in [9.17, 15) is 13.2 Å². The van der Waals surface area contributed by atoms with Crippen molar-refractivity contribution in [3.05, 3.63) is 29.3 Å². The molecule has 6 heteroatoms. The third-order valence-corrected chi connectivity index (χ3v) is 7.22. The van der Waals surface area contributed by atoms with Crippen LogP contribution in [0.1, 0.15) is 36.8 Å². The fourth-order valence-electron chi connectivity index (χ4n) is 3.10. The number of rotatable bonds is 6. The van der Waals surface area contributed by atoms with Crippen LogP contribution in [0.2, 0.25) is 0 Å². The normalized spacial score (nSPS) is 17.2. The second-order valence-corrected chi connectivity index (χ2v) is 8.46. The van der Waals surface area contributed by atoms with Crippen molar-refractivity contribution in [3.8, 4) is 0 Å². The predicted octanol–water partition coefficient (Wildman–Crippen LogP) is 2.15. The Morgan fingerprint density at radius 1 is 1.22 bits per heavy atom. The number of benzene rings is 1. The van der Waals surface area contributed by atoms with Crippen molar-refractivity contribution >= 4 is 15.7 Å². The molecule has 1 aliphatic carbocycles. The standard InChI is InChI=1S/C17H25NO4S/c1-13-6-7-15(12-14(13)2)23(20,21)17(8-4-5-9-17)16(19)18-10-11-22-3/h6-7,12H,4-5,8-11H2,1-3H3,(H,18,19). The molecule has 5 nitrogen and oxygen atoms in total. The zero-order valence-corrected chi connectivity index (χ0v) is 14.8. The summed E-state index contributed by atoms with van der Waals surface area (Å²) in [6.07, 6.45) is 2.26. The summed E-state index contributed by atoms with van der Waals surface area (Å²) in [6, 6.07) is 5.08. The Hall–Kier alpha value is -1.40. The monoisotopic (exact) mass is 339 g/mol. The zero-order valence-electron chi connectivity index (χ0n) is 14.0. The van der Waals surface area contributed by atoms with Gasteiger partial charge in [0.1, 0.15) is 0 Å². The van der Waals surface area contributed by atoms with Crippen LogP contribution in [0.5, 0.6) is 0 Å². The lowest BCUT2D eigenvalue weighted by molar-refractivity contribution is -0.123. The number of hydrogen-bond acceptors (Lipinski definition) is 4. The first-order chi connectivity index (χ1) is 10.8. The highest BCUT2D eigenvalue weighted by Crippen LogP contribution is 2.41. The maximum absolute atomic E-state index is 13.2. The molecule has 1 aliphatic rings. The molecule has 0 aromatic heterocycles. The van der Waals surface area contributed by atoms with E-state index in [0.29, 0.717) is 26.0 Å². The Morgan fingerprint density at radius 2 is 1.87 bits per heavy atom. The molecule has 1 fully saturated rings. The van der Waals surface area contributed by atoms with Crippen molar-refractivity contribution in [2.75, 3.05) is 20.3 Å². The van der Waals surface area contributed by atoms with E-state index in [0.717, 1.165) is 24.0 Å². The van der Waals surface area contributed by atoms with Gasteiger partial charge in [0.2, 0.25) is 5.91 Å². The smallest absolute Gasteiger partial charge is 0.241 e. The van der Waals surface area contributed by atoms with Gasteiger partial charge in [-0.05, 0) is 49.9 Å². The summed E-state index contributed by atoms with van der Waals surface area (Å²) < 4.78 is 30.0. The highest BCUT2D eigenvalue weighted by atomic mass is 32.2. The van der Waals surface area contributed by atoms with E-state index in [1.165, 1.54) is 0 Å². The molecule has 1 aromatic carbocycles. The van der Waals surface area contributed by atoms with E-state index in [4.69, 9.17) is 4.74 Å². The van der Waals surface area contributed by atoms with Crippen molar-refractivity contribution < 1.29 is 17.9 Å². The van der Waals surface area contributed by atoms with Crippen molar-refractivity contribution in [2.45, 2.75) is 49.2 Å². The van der Waals surface area contributed by atoms with Crippen LogP contribution < -0.4 is 5.32 Å². The highest BCUT2D eigenvalue weighted by molar-refractivity contribution is 7.93. The van der Waals surface area contributed by atoms with E-state index in [2.05, 4.69) is 5.32 Å². The number of ether oxygens (including phenoxy) is 1. The van der Waals surface area contributed by atoms with E-state index < -0.39 is 20.5 Å². The lowest BCUT2D eigenvalue weighted by atomic mass is 10.1. The Morgan fingerprint density at radius 3 is 2.43 bits per heavy atom. The molecule has 0 heterocycles. The van der Waals surface area contributed by atoms with Crippen LogP contribution in [-0.4, -0.2) is 39.3 Å². The van der Waals surface area contributed by atoms with E-state index in [-0.39, 0.29) is 4.90 Å². The Balaban J connectivity index is 2.38. The average Bonchev–Trinajstić information content (AvgIpc) is 3.01. The lowest BCUT2D eigenvalue weighted by Crippen LogP contribution is -2.51. The number of carbonyl (C=O) groups excluding carboxylic acids is 1. The van der Waals surface area contributed by atoms with Crippen molar-refractivity contribution in [2.24, 2.45) is 0 Å². The van der Waals surface area contributed by atoms with Gasteiger partial charge in [-0.2, -0.15) is 0 Å². The maximum Gasteiger partial charge on any atom is 0.241 e. The molecular formula is C17H25NO4S. The number of nitrogens with one attached hydrogen (secondary N) is 1. The maximum atomic E-state index is 13.2. The molecular weight excluding hydrogens is 314 g/mol. The number of hydrogen-bond donors (Lipinski definition) is 1. The molecule has 2 rings (SSSR count). The number of carbonyl (C=O) groups is 1. The SMILES string of the molecule is COCCNC(=O)C1(S(=O)(=O)c2ccc(C)c(C)c2)CCCC1. The molecule has 128 valence electrons. The second kappa shape index (κ2) is 7.01. The predicted molar refractivity (Wildman–Crippen MR) is 89.2 cm³/mol. The van der Waals surface area contributed by atoms with Crippen molar-refractivity contribution in [3.63, 3.8) is 0 Å². The summed E-state index contributed by atoms with van der Waals surface area (Å²) in [5, 5.41) is 2.73. The molecule has 1 N–H and O–H groups in total. The molecule has 0 radical (unpaired) electrons.